The molecule has 0 bridgehead atoms. The summed E-state index contributed by atoms with van der Waals surface area (Å²) in [5.74, 6) is 1.59. The van der Waals surface area contributed by atoms with Crippen LogP contribution in [-0.4, -0.2) is 40.6 Å². The normalized spacial score (nSPS) is 10.7. The van der Waals surface area contributed by atoms with Crippen LogP contribution in [0, 0.1) is 6.92 Å². The summed E-state index contributed by atoms with van der Waals surface area (Å²) < 4.78 is 1.67. The second kappa shape index (κ2) is 8.71. The van der Waals surface area contributed by atoms with E-state index >= 15 is 0 Å². The predicted molar refractivity (Wildman–Crippen MR) is 123 cm³/mol. The molecule has 0 aliphatic heterocycles. The maximum atomic E-state index is 12.6. The van der Waals surface area contributed by atoms with Gasteiger partial charge in [-0.1, -0.05) is 18.2 Å². The van der Waals surface area contributed by atoms with Gasteiger partial charge in [0.25, 0.3) is 5.91 Å². The fraction of sp³-hybridized carbons (Fsp3) is 0.0435. The molecule has 0 radical (unpaired) electrons. The Morgan fingerprint density at radius 2 is 1.70 bits per heavy atom. The molecule has 2 N–H and O–H groups in total. The first-order chi connectivity index (χ1) is 16.1. The van der Waals surface area contributed by atoms with Gasteiger partial charge in [-0.2, -0.15) is 15.0 Å². The molecule has 0 aliphatic carbocycles. The highest BCUT2D eigenvalue weighted by atomic mass is 16.2. The number of hydrogen-bond donors (Lipinski definition) is 2. The van der Waals surface area contributed by atoms with E-state index in [1.807, 2.05) is 67.7 Å². The van der Waals surface area contributed by atoms with Gasteiger partial charge in [-0.3, -0.25) is 4.79 Å². The van der Waals surface area contributed by atoms with Crippen LogP contribution in [0.4, 0.5) is 17.2 Å². The third-order valence-corrected chi connectivity index (χ3v) is 4.69. The minimum Gasteiger partial charge on any atom is -0.340 e. The lowest BCUT2D eigenvalue weighted by molar-refractivity contribution is 0.102. The second-order valence-electron chi connectivity index (χ2n) is 7.12. The molecule has 5 rings (SSSR count). The second-order valence-corrected chi connectivity index (χ2v) is 7.12. The highest BCUT2D eigenvalue weighted by Crippen LogP contribution is 2.19. The molecule has 10 nitrogen and oxygen atoms in total. The van der Waals surface area contributed by atoms with Gasteiger partial charge < -0.3 is 10.6 Å². The average Bonchev–Trinajstić information content (AvgIpc) is 3.53. The zero-order valence-corrected chi connectivity index (χ0v) is 17.6. The molecule has 2 aromatic carbocycles. The largest absolute Gasteiger partial charge is 0.340 e. The molecule has 0 aliphatic rings. The molecule has 5 aromatic rings. The molecule has 0 saturated carbocycles. The van der Waals surface area contributed by atoms with Crippen molar-refractivity contribution in [3.8, 4) is 11.5 Å². The van der Waals surface area contributed by atoms with E-state index in [0.717, 1.165) is 11.4 Å². The molecule has 3 aromatic heterocycles. The summed E-state index contributed by atoms with van der Waals surface area (Å²) in [5, 5.41) is 18.7. The summed E-state index contributed by atoms with van der Waals surface area (Å²) in [6.45, 7) is 1.82. The van der Waals surface area contributed by atoms with Crippen LogP contribution in [0.3, 0.4) is 0 Å². The van der Waals surface area contributed by atoms with E-state index in [4.69, 9.17) is 0 Å². The standard InChI is InChI=1S/C23H19N9O/c1-16-26-21(14-22(27-16)31-13-5-12-24-31)28-17-8-10-18(11-9-17)29-23(33)20-15-25-32(30-20)19-6-3-2-4-7-19/h2-15H,1H3,(H,29,33)(H,26,27,28). The number of aromatic nitrogens is 7. The van der Waals surface area contributed by atoms with Crippen LogP contribution in [0.5, 0.6) is 0 Å². The van der Waals surface area contributed by atoms with Crippen molar-refractivity contribution in [3.63, 3.8) is 0 Å². The third-order valence-electron chi connectivity index (χ3n) is 4.69. The van der Waals surface area contributed by atoms with Gasteiger partial charge in [-0.25, -0.2) is 14.6 Å². The van der Waals surface area contributed by atoms with Gasteiger partial charge in [0.1, 0.15) is 11.6 Å². The van der Waals surface area contributed by atoms with Gasteiger partial charge in [0.2, 0.25) is 0 Å². The van der Waals surface area contributed by atoms with Crippen LogP contribution in [0.25, 0.3) is 11.5 Å². The third kappa shape index (κ3) is 4.59. The summed E-state index contributed by atoms with van der Waals surface area (Å²) >= 11 is 0. The number of nitrogens with zero attached hydrogens (tertiary/aromatic N) is 7. The molecular formula is C23H19N9O. The Kier molecular flexibility index (Phi) is 5.30. The summed E-state index contributed by atoms with van der Waals surface area (Å²) in [6, 6.07) is 20.3. The molecule has 0 unspecified atom stereocenters. The Hall–Kier alpha value is -4.86. The van der Waals surface area contributed by atoms with E-state index < -0.39 is 0 Å². The molecule has 0 spiro atoms. The van der Waals surface area contributed by atoms with E-state index in [1.54, 1.807) is 23.0 Å². The van der Waals surface area contributed by atoms with E-state index in [9.17, 15) is 4.79 Å². The Morgan fingerprint density at radius 1 is 0.909 bits per heavy atom. The number of nitrogens with one attached hydrogen (secondary N) is 2. The number of carbonyl (C=O) groups excluding carboxylic acids is 1. The Balaban J connectivity index is 1.26. The number of anilines is 3. The van der Waals surface area contributed by atoms with E-state index in [1.165, 1.54) is 11.0 Å². The fourth-order valence-electron chi connectivity index (χ4n) is 3.17. The number of benzene rings is 2. The van der Waals surface area contributed by atoms with Gasteiger partial charge in [-0.15, -0.1) is 5.10 Å². The summed E-state index contributed by atoms with van der Waals surface area (Å²) in [7, 11) is 0. The van der Waals surface area contributed by atoms with Crippen molar-refractivity contribution in [2.24, 2.45) is 0 Å². The average molecular weight is 437 g/mol. The van der Waals surface area contributed by atoms with Crippen molar-refractivity contribution in [2.45, 2.75) is 6.92 Å². The zero-order chi connectivity index (χ0) is 22.6. The van der Waals surface area contributed by atoms with Gasteiger partial charge in [0, 0.05) is 29.8 Å². The summed E-state index contributed by atoms with van der Waals surface area (Å²) in [6.07, 6.45) is 4.95. The highest BCUT2D eigenvalue weighted by Gasteiger charge is 2.12. The Bertz CT molecular complexity index is 1380. The van der Waals surface area contributed by atoms with Crippen molar-refractivity contribution in [1.82, 2.24) is 34.7 Å². The Morgan fingerprint density at radius 3 is 2.45 bits per heavy atom. The molecule has 162 valence electrons. The number of aryl methyl sites for hydroxylation is 1. The highest BCUT2D eigenvalue weighted by molar-refractivity contribution is 6.02. The number of hydrogen-bond acceptors (Lipinski definition) is 7. The fourth-order valence-corrected chi connectivity index (χ4v) is 3.17. The quantitative estimate of drug-likeness (QED) is 0.417. The predicted octanol–water partition coefficient (Wildman–Crippen LogP) is 3.55. The van der Waals surface area contributed by atoms with E-state index in [-0.39, 0.29) is 11.6 Å². The molecule has 1 amide bonds. The monoisotopic (exact) mass is 437 g/mol. The van der Waals surface area contributed by atoms with Crippen LogP contribution in [-0.2, 0) is 0 Å². The zero-order valence-electron chi connectivity index (χ0n) is 17.6. The minimum atomic E-state index is -0.340. The number of rotatable bonds is 6. The van der Waals surface area contributed by atoms with Crippen LogP contribution in [0.1, 0.15) is 16.3 Å². The van der Waals surface area contributed by atoms with Gasteiger partial charge >= 0.3 is 0 Å². The van der Waals surface area contributed by atoms with Crippen molar-refractivity contribution in [1.29, 1.82) is 0 Å². The lowest BCUT2D eigenvalue weighted by Crippen LogP contribution is -2.13. The number of para-hydroxylation sites is 1. The van der Waals surface area contributed by atoms with Crippen LogP contribution in [0.2, 0.25) is 0 Å². The number of amides is 1. The first kappa shape index (κ1) is 20.1. The minimum absolute atomic E-state index is 0.226. The molecule has 10 heteroatoms. The van der Waals surface area contributed by atoms with E-state index in [2.05, 4.69) is 35.9 Å². The van der Waals surface area contributed by atoms with Crippen molar-refractivity contribution < 1.29 is 4.79 Å². The maximum Gasteiger partial charge on any atom is 0.277 e. The lowest BCUT2D eigenvalue weighted by Gasteiger charge is -2.10. The lowest BCUT2D eigenvalue weighted by atomic mass is 10.2. The number of carbonyl (C=O) groups is 1. The summed E-state index contributed by atoms with van der Waals surface area (Å²) in [4.78, 5) is 22.8. The molecule has 0 atom stereocenters. The van der Waals surface area contributed by atoms with Crippen molar-refractivity contribution in [2.75, 3.05) is 10.6 Å². The summed E-state index contributed by atoms with van der Waals surface area (Å²) in [5.41, 5.74) is 2.45. The molecule has 0 fully saturated rings. The maximum absolute atomic E-state index is 12.6. The first-order valence-electron chi connectivity index (χ1n) is 10.2. The van der Waals surface area contributed by atoms with Gasteiger partial charge in [-0.05, 0) is 49.4 Å². The van der Waals surface area contributed by atoms with E-state index in [0.29, 0.717) is 23.1 Å². The van der Waals surface area contributed by atoms with Crippen LogP contribution >= 0.6 is 0 Å². The Labute approximate surface area is 188 Å². The first-order valence-corrected chi connectivity index (χ1v) is 10.2. The van der Waals surface area contributed by atoms with Crippen molar-refractivity contribution in [3.05, 3.63) is 96.8 Å². The van der Waals surface area contributed by atoms with Crippen LogP contribution < -0.4 is 10.6 Å². The smallest absolute Gasteiger partial charge is 0.277 e. The molecular weight excluding hydrogens is 418 g/mol. The molecule has 3 heterocycles. The SMILES string of the molecule is Cc1nc(Nc2ccc(NC(=O)c3cnn(-c4ccccc4)n3)cc2)cc(-n2cccn2)n1. The molecule has 33 heavy (non-hydrogen) atoms. The van der Waals surface area contributed by atoms with Gasteiger partial charge in [0.05, 0.1) is 11.9 Å². The molecule has 0 saturated heterocycles. The van der Waals surface area contributed by atoms with Crippen LogP contribution in [0.15, 0.2) is 85.3 Å². The topological polar surface area (TPSA) is 115 Å². The van der Waals surface area contributed by atoms with Crippen molar-refractivity contribution >= 4 is 23.1 Å². The van der Waals surface area contributed by atoms with Gasteiger partial charge in [0.15, 0.2) is 11.5 Å².